The quantitative estimate of drug-likeness (QED) is 0.541. The predicted octanol–water partition coefficient (Wildman–Crippen LogP) is 4.21. The molecule has 0 bridgehead atoms. The van der Waals surface area contributed by atoms with Crippen molar-refractivity contribution in [3.05, 3.63) is 64.6 Å². The van der Waals surface area contributed by atoms with Crippen LogP contribution < -0.4 is 15.4 Å². The lowest BCUT2D eigenvalue weighted by molar-refractivity contribution is -0.137. The highest BCUT2D eigenvalue weighted by Gasteiger charge is 2.30. The molecule has 1 aliphatic heterocycles. The van der Waals surface area contributed by atoms with Gasteiger partial charge < -0.3 is 15.4 Å². The van der Waals surface area contributed by atoms with Gasteiger partial charge in [-0.15, -0.1) is 0 Å². The molecule has 3 rings (SSSR count). The summed E-state index contributed by atoms with van der Waals surface area (Å²) in [5.41, 5.74) is -0.166. The van der Waals surface area contributed by atoms with Crippen LogP contribution in [0.1, 0.15) is 11.1 Å². The van der Waals surface area contributed by atoms with E-state index in [0.29, 0.717) is 20.5 Å². The molecule has 0 spiro atoms. The van der Waals surface area contributed by atoms with E-state index in [2.05, 4.69) is 10.6 Å². The van der Waals surface area contributed by atoms with Crippen molar-refractivity contribution in [3.63, 3.8) is 0 Å². The van der Waals surface area contributed by atoms with Crippen molar-refractivity contribution in [2.75, 3.05) is 11.9 Å². The molecule has 150 valence electrons. The number of hydrogen-bond acceptors (Lipinski definition) is 5. The van der Waals surface area contributed by atoms with Crippen LogP contribution in [0, 0.1) is 0 Å². The first-order chi connectivity index (χ1) is 13.7. The molecule has 2 aromatic carbocycles. The Labute approximate surface area is 173 Å². The van der Waals surface area contributed by atoms with Gasteiger partial charge in [0.05, 0.1) is 10.5 Å². The number of anilines is 1. The van der Waals surface area contributed by atoms with Gasteiger partial charge >= 0.3 is 6.18 Å². The van der Waals surface area contributed by atoms with Gasteiger partial charge in [-0.3, -0.25) is 9.59 Å². The Hall–Kier alpha value is -2.85. The normalized spacial score (nSPS) is 15.3. The lowest BCUT2D eigenvalue weighted by Crippen LogP contribution is -2.20. The average Bonchev–Trinajstić information content (AvgIpc) is 2.97. The van der Waals surface area contributed by atoms with Crippen molar-refractivity contribution in [1.82, 2.24) is 5.32 Å². The minimum Gasteiger partial charge on any atom is -0.484 e. The minimum absolute atomic E-state index is 0.0205. The number of hydrogen-bond donors (Lipinski definition) is 2. The van der Waals surface area contributed by atoms with Crippen LogP contribution in [0.15, 0.2) is 53.4 Å². The zero-order chi connectivity index (χ0) is 21.0. The van der Waals surface area contributed by atoms with E-state index in [-0.39, 0.29) is 11.6 Å². The van der Waals surface area contributed by atoms with Crippen LogP contribution in [0.5, 0.6) is 5.75 Å². The molecule has 0 aliphatic carbocycles. The number of thiocarbonyl (C=S) groups is 1. The van der Waals surface area contributed by atoms with Crippen LogP contribution in [0.3, 0.4) is 0 Å². The molecule has 2 aromatic rings. The number of thioether (sulfide) groups is 1. The van der Waals surface area contributed by atoms with Gasteiger partial charge in [0.15, 0.2) is 6.61 Å². The summed E-state index contributed by atoms with van der Waals surface area (Å²) >= 11 is 6.07. The lowest BCUT2D eigenvalue weighted by Gasteiger charge is -2.11. The number of benzene rings is 2. The van der Waals surface area contributed by atoms with Crippen LogP contribution in [0.4, 0.5) is 18.9 Å². The molecule has 5 nitrogen and oxygen atoms in total. The Morgan fingerprint density at radius 3 is 2.66 bits per heavy atom. The van der Waals surface area contributed by atoms with Gasteiger partial charge in [-0.25, -0.2) is 0 Å². The molecule has 0 aromatic heterocycles. The van der Waals surface area contributed by atoms with Gasteiger partial charge in [-0.1, -0.05) is 42.2 Å². The van der Waals surface area contributed by atoms with E-state index in [9.17, 15) is 22.8 Å². The van der Waals surface area contributed by atoms with Crippen molar-refractivity contribution < 1.29 is 27.5 Å². The van der Waals surface area contributed by atoms with Gasteiger partial charge in [0.2, 0.25) is 0 Å². The highest BCUT2D eigenvalue weighted by Crippen LogP contribution is 2.30. The highest BCUT2D eigenvalue weighted by molar-refractivity contribution is 8.26. The predicted molar refractivity (Wildman–Crippen MR) is 108 cm³/mol. The minimum atomic E-state index is -4.50. The Balaban J connectivity index is 1.60. The van der Waals surface area contributed by atoms with Crippen LogP contribution in [-0.2, 0) is 15.8 Å². The van der Waals surface area contributed by atoms with Crippen LogP contribution in [-0.4, -0.2) is 22.7 Å². The van der Waals surface area contributed by atoms with Crippen molar-refractivity contribution in [2.45, 2.75) is 6.18 Å². The summed E-state index contributed by atoms with van der Waals surface area (Å²) in [6, 6.07) is 11.0. The molecular weight excluding hydrogens is 425 g/mol. The van der Waals surface area contributed by atoms with Crippen LogP contribution >= 0.6 is 24.0 Å². The fraction of sp³-hybridized carbons (Fsp3) is 0.105. The molecule has 1 saturated heterocycles. The average molecular weight is 438 g/mol. The SMILES string of the molecule is O=C(COc1cccc(/C=C2\SC(=S)NC2=O)c1)Nc1cccc(C(F)(F)F)c1. The second kappa shape index (κ2) is 8.66. The number of ether oxygens (including phenoxy) is 1. The topological polar surface area (TPSA) is 67.4 Å². The Morgan fingerprint density at radius 1 is 1.21 bits per heavy atom. The third-order valence-corrected chi connectivity index (χ3v) is 4.80. The van der Waals surface area contributed by atoms with E-state index in [1.54, 1.807) is 30.3 Å². The molecule has 1 fully saturated rings. The summed E-state index contributed by atoms with van der Waals surface area (Å²) in [5, 5.41) is 4.87. The summed E-state index contributed by atoms with van der Waals surface area (Å²) in [4.78, 5) is 24.1. The first kappa shape index (κ1) is 20.9. The highest BCUT2D eigenvalue weighted by atomic mass is 32.2. The third-order valence-electron chi connectivity index (χ3n) is 3.64. The summed E-state index contributed by atoms with van der Waals surface area (Å²) < 4.78 is 44.0. The Kier molecular flexibility index (Phi) is 6.23. The zero-order valence-electron chi connectivity index (χ0n) is 14.6. The van der Waals surface area contributed by atoms with Gasteiger partial charge in [0, 0.05) is 5.69 Å². The van der Waals surface area contributed by atoms with E-state index in [4.69, 9.17) is 17.0 Å². The number of halogens is 3. The second-order valence-electron chi connectivity index (χ2n) is 5.84. The summed E-state index contributed by atoms with van der Waals surface area (Å²) in [7, 11) is 0. The molecule has 10 heteroatoms. The maximum atomic E-state index is 12.7. The maximum Gasteiger partial charge on any atom is 0.416 e. The van der Waals surface area contributed by atoms with Gasteiger partial charge in [-0.2, -0.15) is 13.2 Å². The molecule has 1 aliphatic rings. The van der Waals surface area contributed by atoms with E-state index in [0.717, 1.165) is 23.9 Å². The molecule has 0 unspecified atom stereocenters. The molecule has 0 radical (unpaired) electrons. The smallest absolute Gasteiger partial charge is 0.416 e. The molecule has 29 heavy (non-hydrogen) atoms. The monoisotopic (exact) mass is 438 g/mol. The maximum absolute atomic E-state index is 12.7. The summed E-state index contributed by atoms with van der Waals surface area (Å²) in [6.45, 7) is -0.393. The third kappa shape index (κ3) is 5.81. The van der Waals surface area contributed by atoms with Gasteiger partial charge in [0.25, 0.3) is 11.8 Å². The van der Waals surface area contributed by atoms with Crippen LogP contribution in [0.25, 0.3) is 6.08 Å². The summed E-state index contributed by atoms with van der Waals surface area (Å²) in [6.07, 6.45) is -2.86. The molecular formula is C19H13F3N2O3S2. The first-order valence-electron chi connectivity index (χ1n) is 8.15. The Bertz CT molecular complexity index is 1010. The molecule has 0 saturated carbocycles. The van der Waals surface area contributed by atoms with Crippen molar-refractivity contribution >= 4 is 51.9 Å². The number of carbonyl (C=O) groups is 2. The second-order valence-corrected chi connectivity index (χ2v) is 7.56. The van der Waals surface area contributed by atoms with Crippen molar-refractivity contribution in [1.29, 1.82) is 0 Å². The largest absolute Gasteiger partial charge is 0.484 e. The molecule has 0 atom stereocenters. The molecule has 1 heterocycles. The number of rotatable bonds is 5. The number of nitrogens with one attached hydrogen (secondary N) is 2. The van der Waals surface area contributed by atoms with Gasteiger partial charge in [-0.05, 0) is 42.0 Å². The van der Waals surface area contributed by atoms with Crippen LogP contribution in [0.2, 0.25) is 0 Å². The first-order valence-corrected chi connectivity index (χ1v) is 9.38. The number of carbonyl (C=O) groups excluding carboxylic acids is 2. The van der Waals surface area contributed by atoms with Crippen molar-refractivity contribution in [2.24, 2.45) is 0 Å². The van der Waals surface area contributed by atoms with Gasteiger partial charge in [0.1, 0.15) is 10.1 Å². The van der Waals surface area contributed by atoms with Crippen molar-refractivity contribution in [3.8, 4) is 5.75 Å². The van der Waals surface area contributed by atoms with E-state index in [1.807, 2.05) is 0 Å². The lowest BCUT2D eigenvalue weighted by atomic mass is 10.2. The fourth-order valence-electron chi connectivity index (χ4n) is 2.39. The Morgan fingerprint density at radius 2 is 1.97 bits per heavy atom. The van der Waals surface area contributed by atoms with E-state index in [1.165, 1.54) is 12.1 Å². The molecule has 2 amide bonds. The molecule has 2 N–H and O–H groups in total. The summed E-state index contributed by atoms with van der Waals surface area (Å²) in [5.74, 6) is -0.527. The van der Waals surface area contributed by atoms with E-state index >= 15 is 0 Å². The van der Waals surface area contributed by atoms with E-state index < -0.39 is 24.3 Å². The number of amides is 2. The standard InChI is InChI=1S/C19H13F3N2O3S2/c20-19(21,22)12-4-2-5-13(9-12)23-16(25)10-27-14-6-1-3-11(7-14)8-15-17(26)24-18(28)29-15/h1-9H,10H2,(H,23,25)(H,24,26,28)/b15-8-. The fourth-order valence-corrected chi connectivity index (χ4v) is 3.43. The zero-order valence-corrected chi connectivity index (χ0v) is 16.2. The number of alkyl halides is 3.